The van der Waals surface area contributed by atoms with Gasteiger partial charge in [-0.2, -0.15) is 0 Å². The number of carbonyl (C=O) groups excluding carboxylic acids is 1. The summed E-state index contributed by atoms with van der Waals surface area (Å²) in [6.07, 6.45) is -0.447. The maximum Gasteiger partial charge on any atom is 0.407 e. The Balaban J connectivity index is 0.929. The molecule has 0 bridgehead atoms. The number of benzene rings is 3. The first-order valence-electron chi connectivity index (χ1n) is 13.6. The minimum absolute atomic E-state index is 0.0450. The van der Waals surface area contributed by atoms with Crippen molar-refractivity contribution in [1.82, 2.24) is 5.32 Å². The third-order valence-electron chi connectivity index (χ3n) is 6.35. The molecule has 0 unspecified atom stereocenters. The van der Waals surface area contributed by atoms with E-state index < -0.39 is 6.09 Å². The lowest BCUT2D eigenvalue weighted by atomic mass is 9.98. The Morgan fingerprint density at radius 3 is 1.73 bits per heavy atom. The standard InChI is InChI=1S/C31H38N2O7/c32-24-9-11-25(12-10-24)39-22-21-38-20-19-37-18-17-36-16-15-35-14-13-33-31(34)40-23-30-28-7-3-1-5-26(28)27-6-2-4-8-29(27)30/h1-12,30H,13-23,32H2,(H,33,34). The Kier molecular flexibility index (Phi) is 12.1. The highest BCUT2D eigenvalue weighted by Crippen LogP contribution is 2.44. The van der Waals surface area contributed by atoms with Crippen LogP contribution in [0.15, 0.2) is 72.8 Å². The van der Waals surface area contributed by atoms with Crippen LogP contribution in [0.25, 0.3) is 11.1 Å². The minimum Gasteiger partial charge on any atom is -0.491 e. The van der Waals surface area contributed by atoms with E-state index in [1.165, 1.54) is 22.3 Å². The summed E-state index contributed by atoms with van der Waals surface area (Å²) in [7, 11) is 0. The molecule has 0 atom stereocenters. The molecule has 0 heterocycles. The van der Waals surface area contributed by atoms with E-state index in [9.17, 15) is 4.79 Å². The van der Waals surface area contributed by atoms with Crippen molar-refractivity contribution >= 4 is 11.8 Å². The van der Waals surface area contributed by atoms with Crippen LogP contribution < -0.4 is 15.8 Å². The average Bonchev–Trinajstić information content (AvgIpc) is 3.30. The third-order valence-corrected chi connectivity index (χ3v) is 6.35. The zero-order chi connectivity index (χ0) is 27.8. The Bertz CT molecular complexity index is 1130. The number of carbonyl (C=O) groups is 1. The molecular formula is C31H38N2O7. The number of hydrogen-bond donors (Lipinski definition) is 2. The van der Waals surface area contributed by atoms with Crippen LogP contribution in [0.1, 0.15) is 17.0 Å². The van der Waals surface area contributed by atoms with Gasteiger partial charge in [0.15, 0.2) is 0 Å². The highest BCUT2D eigenvalue weighted by Gasteiger charge is 2.28. The predicted octanol–water partition coefficient (Wildman–Crippen LogP) is 4.25. The zero-order valence-electron chi connectivity index (χ0n) is 22.7. The average molecular weight is 551 g/mol. The lowest BCUT2D eigenvalue weighted by molar-refractivity contribution is -0.00427. The van der Waals surface area contributed by atoms with Gasteiger partial charge in [-0.3, -0.25) is 0 Å². The molecule has 4 rings (SSSR count). The quantitative estimate of drug-likeness (QED) is 0.179. The number of nitrogen functional groups attached to an aromatic ring is 1. The predicted molar refractivity (Wildman–Crippen MR) is 153 cm³/mol. The lowest BCUT2D eigenvalue weighted by Crippen LogP contribution is -2.29. The van der Waals surface area contributed by atoms with Gasteiger partial charge in [-0.05, 0) is 46.5 Å². The molecule has 214 valence electrons. The molecule has 0 spiro atoms. The third kappa shape index (κ3) is 9.24. The fourth-order valence-electron chi connectivity index (χ4n) is 4.42. The van der Waals surface area contributed by atoms with Crippen molar-refractivity contribution in [1.29, 1.82) is 0 Å². The first-order chi connectivity index (χ1) is 19.7. The number of amides is 1. The normalized spacial score (nSPS) is 12.1. The van der Waals surface area contributed by atoms with E-state index in [4.69, 9.17) is 34.2 Å². The van der Waals surface area contributed by atoms with Gasteiger partial charge >= 0.3 is 6.09 Å². The van der Waals surface area contributed by atoms with Gasteiger partial charge in [-0.1, -0.05) is 48.5 Å². The van der Waals surface area contributed by atoms with Gasteiger partial charge in [0.25, 0.3) is 0 Å². The van der Waals surface area contributed by atoms with Crippen LogP contribution in [-0.2, 0) is 23.7 Å². The molecule has 0 saturated carbocycles. The van der Waals surface area contributed by atoms with Crippen molar-refractivity contribution in [2.45, 2.75) is 5.92 Å². The number of hydrogen-bond acceptors (Lipinski definition) is 8. The molecule has 9 heteroatoms. The Morgan fingerprint density at radius 1 is 0.650 bits per heavy atom. The second-order valence-electron chi connectivity index (χ2n) is 9.12. The topological polar surface area (TPSA) is 111 Å². The second kappa shape index (κ2) is 16.5. The lowest BCUT2D eigenvalue weighted by Gasteiger charge is -2.14. The number of nitrogens with two attached hydrogens (primary N) is 1. The smallest absolute Gasteiger partial charge is 0.407 e. The molecule has 1 amide bonds. The first-order valence-corrected chi connectivity index (χ1v) is 13.6. The largest absolute Gasteiger partial charge is 0.491 e. The molecule has 1 aliphatic carbocycles. The number of anilines is 1. The van der Waals surface area contributed by atoms with Crippen molar-refractivity contribution in [3.05, 3.63) is 83.9 Å². The van der Waals surface area contributed by atoms with Crippen molar-refractivity contribution in [2.24, 2.45) is 0 Å². The molecule has 0 aliphatic heterocycles. The van der Waals surface area contributed by atoms with E-state index >= 15 is 0 Å². The molecule has 3 N–H and O–H groups in total. The van der Waals surface area contributed by atoms with E-state index in [0.29, 0.717) is 78.3 Å². The maximum absolute atomic E-state index is 12.2. The van der Waals surface area contributed by atoms with Gasteiger partial charge in [0, 0.05) is 18.2 Å². The van der Waals surface area contributed by atoms with Crippen LogP contribution in [0.2, 0.25) is 0 Å². The van der Waals surface area contributed by atoms with E-state index in [-0.39, 0.29) is 5.92 Å². The fraction of sp³-hybridized carbons (Fsp3) is 0.387. The summed E-state index contributed by atoms with van der Waals surface area (Å²) in [5.41, 5.74) is 11.1. The summed E-state index contributed by atoms with van der Waals surface area (Å²) in [5, 5.41) is 2.74. The van der Waals surface area contributed by atoms with E-state index in [1.54, 1.807) is 12.1 Å². The molecule has 1 aliphatic rings. The zero-order valence-corrected chi connectivity index (χ0v) is 22.7. The monoisotopic (exact) mass is 550 g/mol. The van der Waals surface area contributed by atoms with Crippen LogP contribution in [0.5, 0.6) is 5.75 Å². The molecule has 0 aromatic heterocycles. The van der Waals surface area contributed by atoms with Gasteiger partial charge in [-0.15, -0.1) is 0 Å². The van der Waals surface area contributed by atoms with Crippen molar-refractivity contribution in [3.8, 4) is 16.9 Å². The second-order valence-corrected chi connectivity index (χ2v) is 9.12. The van der Waals surface area contributed by atoms with Crippen molar-refractivity contribution in [2.75, 3.05) is 78.3 Å². The highest BCUT2D eigenvalue weighted by molar-refractivity contribution is 5.79. The van der Waals surface area contributed by atoms with Gasteiger partial charge in [-0.25, -0.2) is 4.79 Å². The van der Waals surface area contributed by atoms with E-state index in [1.807, 2.05) is 36.4 Å². The van der Waals surface area contributed by atoms with E-state index in [2.05, 4.69) is 29.6 Å². The van der Waals surface area contributed by atoms with Crippen LogP contribution in [-0.4, -0.2) is 78.7 Å². The first kappa shape index (κ1) is 29.4. The molecule has 3 aromatic carbocycles. The Labute approximate surface area is 235 Å². The van der Waals surface area contributed by atoms with Gasteiger partial charge in [0.1, 0.15) is 19.0 Å². The van der Waals surface area contributed by atoms with Gasteiger partial charge < -0.3 is 39.5 Å². The number of alkyl carbamates (subject to hydrolysis) is 1. The molecule has 9 nitrogen and oxygen atoms in total. The van der Waals surface area contributed by atoms with E-state index in [0.717, 1.165) is 5.75 Å². The maximum atomic E-state index is 12.2. The van der Waals surface area contributed by atoms with Crippen molar-refractivity contribution < 1.29 is 33.2 Å². The minimum atomic E-state index is -0.447. The SMILES string of the molecule is Nc1ccc(OCCOCCOCCOCCOCCNC(=O)OCC2c3ccccc3-c3ccccc32)cc1. The fourth-order valence-corrected chi connectivity index (χ4v) is 4.42. The summed E-state index contributed by atoms with van der Waals surface area (Å²) in [5.74, 6) is 0.811. The Morgan fingerprint density at radius 2 is 1.15 bits per heavy atom. The van der Waals surface area contributed by atoms with Crippen LogP contribution in [0, 0.1) is 0 Å². The van der Waals surface area contributed by atoms with Gasteiger partial charge in [0.2, 0.25) is 0 Å². The number of nitrogens with one attached hydrogen (secondary N) is 1. The summed E-state index contributed by atoms with van der Waals surface area (Å²) in [4.78, 5) is 12.2. The summed E-state index contributed by atoms with van der Waals surface area (Å²) >= 11 is 0. The van der Waals surface area contributed by atoms with Crippen molar-refractivity contribution in [3.63, 3.8) is 0 Å². The van der Waals surface area contributed by atoms with Crippen LogP contribution in [0.3, 0.4) is 0 Å². The number of ether oxygens (including phenoxy) is 6. The molecule has 0 saturated heterocycles. The number of fused-ring (bicyclic) bond motifs is 3. The summed E-state index contributed by atoms with van der Waals surface area (Å²) in [6.45, 7) is 4.81. The number of rotatable bonds is 18. The molecule has 40 heavy (non-hydrogen) atoms. The molecule has 0 radical (unpaired) electrons. The van der Waals surface area contributed by atoms with Crippen LogP contribution in [0.4, 0.5) is 10.5 Å². The highest BCUT2D eigenvalue weighted by atomic mass is 16.6. The van der Waals surface area contributed by atoms with Crippen LogP contribution >= 0.6 is 0 Å². The molecule has 0 fully saturated rings. The van der Waals surface area contributed by atoms with Gasteiger partial charge in [0.05, 0.1) is 52.9 Å². The molecular weight excluding hydrogens is 512 g/mol. The Hall–Kier alpha value is -3.63. The summed E-state index contributed by atoms with van der Waals surface area (Å²) < 4.78 is 33.0. The molecule has 3 aromatic rings. The summed E-state index contributed by atoms with van der Waals surface area (Å²) in [6, 6.07) is 23.8.